The number of benzene rings is 8. The summed E-state index contributed by atoms with van der Waals surface area (Å²) in [6.07, 6.45) is 0. The van der Waals surface area contributed by atoms with Crippen LogP contribution in [0.1, 0.15) is 77.6 Å². The van der Waals surface area contributed by atoms with E-state index in [0.717, 1.165) is 0 Å². The zero-order chi connectivity index (χ0) is 43.2. The van der Waals surface area contributed by atoms with Gasteiger partial charge in [-0.1, -0.05) is 177 Å². The Kier molecular flexibility index (Phi) is 8.11. The lowest BCUT2D eigenvalue weighted by molar-refractivity contribution is 0.590. The Morgan fingerprint density at radius 1 is 0.524 bits per heavy atom. The van der Waals surface area contributed by atoms with Crippen LogP contribution in [0.15, 0.2) is 164 Å². The summed E-state index contributed by atoms with van der Waals surface area (Å²) in [6.45, 7) is 18.7. The van der Waals surface area contributed by atoms with Gasteiger partial charge in [-0.25, -0.2) is 0 Å². The van der Waals surface area contributed by atoms with Gasteiger partial charge in [-0.3, -0.25) is 0 Å². The van der Waals surface area contributed by atoms with E-state index in [4.69, 9.17) is 0 Å². The predicted octanol–water partition coefficient (Wildman–Crippen LogP) is 15.3. The molecule has 0 radical (unpaired) electrons. The maximum Gasteiger partial charge on any atom is 0.333 e. The molecule has 12 rings (SSSR count). The van der Waals surface area contributed by atoms with Crippen molar-refractivity contribution >= 4 is 77.7 Å². The average molecular weight is 831 g/mol. The van der Waals surface area contributed by atoms with Crippen LogP contribution in [-0.2, 0) is 16.2 Å². The Morgan fingerprint density at radius 3 is 1.95 bits per heavy atom. The highest BCUT2D eigenvalue weighted by Gasteiger charge is 2.50. The third-order valence-electron chi connectivity index (χ3n) is 14.3. The molecule has 2 aliphatic heterocycles. The minimum atomic E-state index is -0.214. The molecule has 9 aromatic rings. The van der Waals surface area contributed by atoms with Crippen molar-refractivity contribution in [2.75, 3.05) is 9.71 Å². The Bertz CT molecular complexity index is 3340. The lowest BCUT2D eigenvalue weighted by atomic mass is 9.42. The number of nitrogens with zero attached hydrogens (tertiary/aromatic N) is 2. The maximum absolute atomic E-state index is 2.69. The number of rotatable bonds is 3. The molecule has 1 aliphatic carbocycles. The predicted molar refractivity (Wildman–Crippen MR) is 273 cm³/mol. The van der Waals surface area contributed by atoms with E-state index in [-0.39, 0.29) is 23.1 Å². The molecule has 3 heterocycles. The molecule has 0 fully saturated rings. The maximum atomic E-state index is 2.69. The van der Waals surface area contributed by atoms with Crippen molar-refractivity contribution in [1.82, 2.24) is 0 Å². The molecular formula is C59H51BN2S. The number of para-hydroxylation sites is 1. The normalized spacial score (nSPS) is 14.7. The Balaban J connectivity index is 1.27. The van der Waals surface area contributed by atoms with E-state index in [1.807, 2.05) is 11.3 Å². The molecule has 0 amide bonds. The van der Waals surface area contributed by atoms with E-state index in [9.17, 15) is 0 Å². The summed E-state index contributed by atoms with van der Waals surface area (Å²) in [5, 5.41) is 2.62. The lowest BCUT2D eigenvalue weighted by Gasteiger charge is -2.47. The van der Waals surface area contributed by atoms with Crippen molar-refractivity contribution in [3.63, 3.8) is 0 Å². The van der Waals surface area contributed by atoms with Gasteiger partial charge in [0.2, 0.25) is 0 Å². The van der Waals surface area contributed by atoms with Gasteiger partial charge in [-0.05, 0) is 109 Å². The summed E-state index contributed by atoms with van der Waals surface area (Å²) in [5.74, 6) is 0. The molecule has 0 saturated carbocycles. The van der Waals surface area contributed by atoms with Crippen LogP contribution in [0.3, 0.4) is 0 Å². The summed E-state index contributed by atoms with van der Waals surface area (Å²) in [6, 6.07) is 62.7. The van der Waals surface area contributed by atoms with Gasteiger partial charge >= 0.3 is 6.85 Å². The average Bonchev–Trinajstić information content (AvgIpc) is 3.78. The summed E-state index contributed by atoms with van der Waals surface area (Å²) in [4.78, 5) is 5.37. The zero-order valence-electron chi connectivity index (χ0n) is 37.5. The van der Waals surface area contributed by atoms with E-state index < -0.39 is 0 Å². The van der Waals surface area contributed by atoms with Crippen LogP contribution < -0.4 is 20.6 Å². The van der Waals surface area contributed by atoms with Crippen LogP contribution in [0, 0.1) is 0 Å². The fourth-order valence-corrected chi connectivity index (χ4v) is 12.5. The van der Waals surface area contributed by atoms with Crippen LogP contribution >= 0.6 is 11.3 Å². The number of hydrogen-bond acceptors (Lipinski definition) is 3. The van der Waals surface area contributed by atoms with E-state index in [1.54, 1.807) is 0 Å². The van der Waals surface area contributed by atoms with E-state index in [1.165, 1.54) is 115 Å². The summed E-state index contributed by atoms with van der Waals surface area (Å²) in [7, 11) is 0. The van der Waals surface area contributed by atoms with Gasteiger partial charge in [-0.2, -0.15) is 0 Å². The Hall–Kier alpha value is -6.36. The van der Waals surface area contributed by atoms with E-state index in [0.29, 0.717) is 0 Å². The van der Waals surface area contributed by atoms with E-state index >= 15 is 0 Å². The van der Waals surface area contributed by atoms with Crippen molar-refractivity contribution in [2.24, 2.45) is 0 Å². The molecule has 4 heteroatoms. The highest BCUT2D eigenvalue weighted by molar-refractivity contribution is 7.26. The van der Waals surface area contributed by atoms with Gasteiger partial charge in [0, 0.05) is 49.1 Å². The first-order valence-corrected chi connectivity index (χ1v) is 23.4. The Labute approximate surface area is 376 Å². The molecule has 0 N–H and O–H groups in total. The summed E-state index contributed by atoms with van der Waals surface area (Å²) < 4.78 is 2.63. The van der Waals surface area contributed by atoms with Crippen LogP contribution in [0.25, 0.3) is 53.6 Å². The van der Waals surface area contributed by atoms with Crippen molar-refractivity contribution < 1.29 is 0 Å². The molecule has 0 atom stereocenters. The fourth-order valence-electron chi connectivity index (χ4n) is 11.2. The molecule has 8 aromatic carbocycles. The van der Waals surface area contributed by atoms with Gasteiger partial charge < -0.3 is 9.71 Å². The van der Waals surface area contributed by atoms with Gasteiger partial charge in [0.05, 0.1) is 16.1 Å². The first-order valence-electron chi connectivity index (χ1n) is 22.6. The minimum absolute atomic E-state index is 0.0273. The first-order chi connectivity index (χ1) is 30.3. The molecule has 306 valence electrons. The number of fused-ring (bicyclic) bond motifs is 12. The molecule has 0 bridgehead atoms. The highest BCUT2D eigenvalue weighted by Crippen LogP contribution is 2.59. The highest BCUT2D eigenvalue weighted by atomic mass is 32.1. The third kappa shape index (κ3) is 5.50. The summed E-state index contributed by atoms with van der Waals surface area (Å²) in [5.41, 5.74) is 22.0. The van der Waals surface area contributed by atoms with Gasteiger partial charge in [0.1, 0.15) is 0 Å². The molecule has 63 heavy (non-hydrogen) atoms. The van der Waals surface area contributed by atoms with Crippen LogP contribution in [0.5, 0.6) is 0 Å². The quantitative estimate of drug-likeness (QED) is 0.164. The standard InChI is InChI=1S/C59H51BN2S/c1-57(2,3)37-26-29-39(30-27-37)62-49-24-16-13-22-43(49)52-53-45(40-20-12-15-23-46(40)59(53,7)8)35-50-54(52)60(62)47-32-31-42-41-21-14-17-25-51(41)63-56(42)55(47)61(50)48-33-28-38(58(4,5)6)34-44(48)36-18-10-9-11-19-36/h9-35H,1-8H3. The van der Waals surface area contributed by atoms with Gasteiger partial charge in [-0.15, -0.1) is 11.3 Å². The largest absolute Gasteiger partial charge is 0.376 e. The monoisotopic (exact) mass is 830 g/mol. The molecular weight excluding hydrogens is 780 g/mol. The number of thiophene rings is 1. The Morgan fingerprint density at radius 2 is 1.19 bits per heavy atom. The lowest BCUT2D eigenvalue weighted by Crippen LogP contribution is -2.62. The fraction of sp³-hybridized carbons (Fsp3) is 0.186. The molecule has 0 saturated heterocycles. The molecule has 2 nitrogen and oxygen atoms in total. The van der Waals surface area contributed by atoms with Crippen LogP contribution in [0.4, 0.5) is 28.4 Å². The molecule has 3 aliphatic rings. The smallest absolute Gasteiger partial charge is 0.333 e. The van der Waals surface area contributed by atoms with Crippen molar-refractivity contribution in [2.45, 2.75) is 71.6 Å². The first kappa shape index (κ1) is 38.3. The molecule has 0 unspecified atom stereocenters. The molecule has 0 spiro atoms. The van der Waals surface area contributed by atoms with Gasteiger partial charge in [0.15, 0.2) is 0 Å². The van der Waals surface area contributed by atoms with Crippen LogP contribution in [0.2, 0.25) is 0 Å². The van der Waals surface area contributed by atoms with Crippen LogP contribution in [-0.4, -0.2) is 6.85 Å². The number of anilines is 5. The zero-order valence-corrected chi connectivity index (χ0v) is 38.3. The topological polar surface area (TPSA) is 6.48 Å². The van der Waals surface area contributed by atoms with Crippen molar-refractivity contribution in [1.29, 1.82) is 0 Å². The third-order valence-corrected chi connectivity index (χ3v) is 15.5. The van der Waals surface area contributed by atoms with Crippen molar-refractivity contribution in [3.8, 4) is 33.4 Å². The molecule has 1 aromatic heterocycles. The SMILES string of the molecule is CC(C)(C)c1ccc(N2B3c4ccc5c(sc6ccccc65)c4N(c4ccc(C(C)(C)C)cc4-c4ccccc4)c4cc5c(c(c43)-c3ccccc32)C(C)(C)c2ccccc2-5)cc1. The number of hydrogen-bond donors (Lipinski definition) is 0. The summed E-state index contributed by atoms with van der Waals surface area (Å²) >= 11 is 1.93. The van der Waals surface area contributed by atoms with Crippen molar-refractivity contribution in [3.05, 3.63) is 186 Å². The van der Waals surface area contributed by atoms with E-state index in [2.05, 4.69) is 229 Å². The second kappa shape index (κ2) is 13.3. The second-order valence-electron chi connectivity index (χ2n) is 20.5. The second-order valence-corrected chi connectivity index (χ2v) is 21.6. The van der Waals surface area contributed by atoms with Gasteiger partial charge in [0.25, 0.3) is 0 Å². The minimum Gasteiger partial charge on any atom is -0.376 e.